The standard InChI is InChI=1S/C15H11ClFN3S/c16-12-7-5-10(6-8-12)14-18-15(20-19-14)21-9-11-3-1-2-4-13(11)17/h1-8H,9H2,(H,18,19,20). The van der Waals surface area contributed by atoms with Gasteiger partial charge in [-0.15, -0.1) is 5.10 Å². The fraction of sp³-hybridized carbons (Fsp3) is 0.0667. The van der Waals surface area contributed by atoms with Gasteiger partial charge in [-0.25, -0.2) is 9.37 Å². The van der Waals surface area contributed by atoms with Crippen molar-refractivity contribution in [1.29, 1.82) is 0 Å². The van der Waals surface area contributed by atoms with Crippen molar-refractivity contribution >= 4 is 23.4 Å². The predicted molar refractivity (Wildman–Crippen MR) is 82.8 cm³/mol. The van der Waals surface area contributed by atoms with E-state index in [2.05, 4.69) is 15.2 Å². The highest BCUT2D eigenvalue weighted by Crippen LogP contribution is 2.24. The van der Waals surface area contributed by atoms with Gasteiger partial charge in [-0.2, -0.15) is 0 Å². The molecule has 0 spiro atoms. The van der Waals surface area contributed by atoms with Crippen molar-refractivity contribution < 1.29 is 4.39 Å². The first kappa shape index (κ1) is 14.1. The lowest BCUT2D eigenvalue weighted by Crippen LogP contribution is -1.87. The van der Waals surface area contributed by atoms with Crippen LogP contribution in [0, 0.1) is 5.82 Å². The molecule has 0 aliphatic rings. The Balaban J connectivity index is 1.71. The summed E-state index contributed by atoms with van der Waals surface area (Å²) in [7, 11) is 0. The van der Waals surface area contributed by atoms with E-state index in [9.17, 15) is 4.39 Å². The molecule has 0 aliphatic carbocycles. The molecule has 0 amide bonds. The molecule has 6 heteroatoms. The third kappa shape index (κ3) is 3.43. The molecule has 1 heterocycles. The Labute approximate surface area is 130 Å². The lowest BCUT2D eigenvalue weighted by Gasteiger charge is -1.99. The van der Waals surface area contributed by atoms with Crippen LogP contribution >= 0.6 is 23.4 Å². The van der Waals surface area contributed by atoms with E-state index >= 15 is 0 Å². The summed E-state index contributed by atoms with van der Waals surface area (Å²) in [5.74, 6) is 0.950. The van der Waals surface area contributed by atoms with Crippen molar-refractivity contribution in [2.45, 2.75) is 10.9 Å². The van der Waals surface area contributed by atoms with Crippen LogP contribution in [0.25, 0.3) is 11.4 Å². The van der Waals surface area contributed by atoms with Gasteiger partial charge in [-0.05, 0) is 35.9 Å². The van der Waals surface area contributed by atoms with Crippen LogP contribution in [0.15, 0.2) is 53.7 Å². The van der Waals surface area contributed by atoms with Crippen LogP contribution in [0.4, 0.5) is 4.39 Å². The van der Waals surface area contributed by atoms with Gasteiger partial charge in [0.2, 0.25) is 5.16 Å². The molecule has 0 saturated carbocycles. The normalized spacial score (nSPS) is 10.8. The molecule has 0 unspecified atom stereocenters. The summed E-state index contributed by atoms with van der Waals surface area (Å²) in [6.45, 7) is 0. The number of halogens is 2. The lowest BCUT2D eigenvalue weighted by atomic mass is 10.2. The molecule has 0 bridgehead atoms. The molecule has 0 fully saturated rings. The minimum Gasteiger partial charge on any atom is -0.258 e. The maximum Gasteiger partial charge on any atom is 0.209 e. The first-order chi connectivity index (χ1) is 10.2. The summed E-state index contributed by atoms with van der Waals surface area (Å²) >= 11 is 7.24. The molecular formula is C15H11ClFN3S. The number of rotatable bonds is 4. The number of aromatic amines is 1. The quantitative estimate of drug-likeness (QED) is 0.717. The van der Waals surface area contributed by atoms with E-state index in [1.54, 1.807) is 24.3 Å². The molecule has 2 aromatic carbocycles. The van der Waals surface area contributed by atoms with E-state index in [-0.39, 0.29) is 5.82 Å². The van der Waals surface area contributed by atoms with Crippen molar-refractivity contribution in [2.24, 2.45) is 0 Å². The maximum atomic E-state index is 13.5. The Bertz CT molecular complexity index is 743. The highest BCUT2D eigenvalue weighted by atomic mass is 35.5. The van der Waals surface area contributed by atoms with Crippen LogP contribution in [-0.2, 0) is 5.75 Å². The van der Waals surface area contributed by atoms with Crippen LogP contribution in [0.1, 0.15) is 5.56 Å². The van der Waals surface area contributed by atoms with E-state index in [4.69, 9.17) is 11.6 Å². The fourth-order valence-corrected chi connectivity index (χ4v) is 2.72. The number of H-pyrrole nitrogens is 1. The zero-order valence-corrected chi connectivity index (χ0v) is 12.5. The molecule has 106 valence electrons. The van der Waals surface area contributed by atoms with Gasteiger partial charge >= 0.3 is 0 Å². The topological polar surface area (TPSA) is 41.6 Å². The molecule has 0 aliphatic heterocycles. The average molecular weight is 320 g/mol. The fourth-order valence-electron chi connectivity index (χ4n) is 1.81. The van der Waals surface area contributed by atoms with Gasteiger partial charge in [0.1, 0.15) is 5.82 Å². The molecule has 0 atom stereocenters. The molecule has 1 aromatic heterocycles. The maximum absolute atomic E-state index is 13.5. The minimum atomic E-state index is -0.210. The molecule has 3 rings (SSSR count). The molecule has 0 radical (unpaired) electrons. The molecule has 3 nitrogen and oxygen atoms in total. The van der Waals surface area contributed by atoms with E-state index in [1.807, 2.05) is 18.2 Å². The zero-order chi connectivity index (χ0) is 14.7. The monoisotopic (exact) mass is 319 g/mol. The summed E-state index contributed by atoms with van der Waals surface area (Å²) in [6.07, 6.45) is 0. The first-order valence-electron chi connectivity index (χ1n) is 6.27. The van der Waals surface area contributed by atoms with Crippen molar-refractivity contribution in [3.05, 3.63) is 64.9 Å². The predicted octanol–water partition coefficient (Wildman–Crippen LogP) is 4.56. The van der Waals surface area contributed by atoms with Gasteiger partial charge in [-0.1, -0.05) is 41.6 Å². The van der Waals surface area contributed by atoms with Crippen LogP contribution in [0.2, 0.25) is 5.02 Å². The molecule has 3 aromatic rings. The molecule has 21 heavy (non-hydrogen) atoms. The van der Waals surface area contributed by atoms with Crippen molar-refractivity contribution in [2.75, 3.05) is 0 Å². The highest BCUT2D eigenvalue weighted by Gasteiger charge is 2.08. The number of aromatic nitrogens is 3. The Morgan fingerprint density at radius 1 is 1.10 bits per heavy atom. The Morgan fingerprint density at radius 3 is 2.62 bits per heavy atom. The zero-order valence-electron chi connectivity index (χ0n) is 10.9. The van der Waals surface area contributed by atoms with Gasteiger partial charge in [0.25, 0.3) is 0 Å². The summed E-state index contributed by atoms with van der Waals surface area (Å²) in [5.41, 5.74) is 1.55. The first-order valence-corrected chi connectivity index (χ1v) is 7.63. The number of benzene rings is 2. The van der Waals surface area contributed by atoms with Gasteiger partial charge in [0.15, 0.2) is 5.82 Å². The number of hydrogen-bond donors (Lipinski definition) is 1. The van der Waals surface area contributed by atoms with Gasteiger partial charge in [0.05, 0.1) is 0 Å². The van der Waals surface area contributed by atoms with Crippen molar-refractivity contribution in [1.82, 2.24) is 15.2 Å². The van der Waals surface area contributed by atoms with E-state index in [1.165, 1.54) is 17.8 Å². The van der Waals surface area contributed by atoms with E-state index < -0.39 is 0 Å². The van der Waals surface area contributed by atoms with Crippen LogP contribution < -0.4 is 0 Å². The second-order valence-electron chi connectivity index (χ2n) is 4.35. The highest BCUT2D eigenvalue weighted by molar-refractivity contribution is 7.98. The average Bonchev–Trinajstić information content (AvgIpc) is 2.96. The van der Waals surface area contributed by atoms with E-state index in [0.717, 1.165) is 5.56 Å². The lowest BCUT2D eigenvalue weighted by molar-refractivity contribution is 0.617. The third-order valence-electron chi connectivity index (χ3n) is 2.90. The van der Waals surface area contributed by atoms with Crippen LogP contribution in [-0.4, -0.2) is 15.2 Å². The smallest absolute Gasteiger partial charge is 0.209 e. The van der Waals surface area contributed by atoms with Crippen molar-refractivity contribution in [3.8, 4) is 11.4 Å². The minimum absolute atomic E-state index is 0.210. The largest absolute Gasteiger partial charge is 0.258 e. The summed E-state index contributed by atoms with van der Waals surface area (Å²) in [4.78, 5) is 4.39. The molecule has 1 N–H and O–H groups in total. The number of thioether (sulfide) groups is 1. The van der Waals surface area contributed by atoms with Crippen molar-refractivity contribution in [3.63, 3.8) is 0 Å². The summed E-state index contributed by atoms with van der Waals surface area (Å²) in [5, 5.41) is 8.26. The molecular weight excluding hydrogens is 309 g/mol. The van der Waals surface area contributed by atoms with Gasteiger partial charge in [-0.3, -0.25) is 5.10 Å². The Morgan fingerprint density at radius 2 is 1.86 bits per heavy atom. The summed E-state index contributed by atoms with van der Waals surface area (Å²) < 4.78 is 13.5. The third-order valence-corrected chi connectivity index (χ3v) is 4.05. The van der Waals surface area contributed by atoms with Gasteiger partial charge < -0.3 is 0 Å². The second-order valence-corrected chi connectivity index (χ2v) is 5.73. The summed E-state index contributed by atoms with van der Waals surface area (Å²) in [6, 6.07) is 14.0. The number of hydrogen-bond acceptors (Lipinski definition) is 3. The van der Waals surface area contributed by atoms with Gasteiger partial charge in [0, 0.05) is 16.3 Å². The van der Waals surface area contributed by atoms with Crippen LogP contribution in [0.3, 0.4) is 0 Å². The number of nitrogens with one attached hydrogen (secondary N) is 1. The van der Waals surface area contributed by atoms with Crippen LogP contribution in [0.5, 0.6) is 0 Å². The van der Waals surface area contributed by atoms with E-state index in [0.29, 0.717) is 27.3 Å². The SMILES string of the molecule is Fc1ccccc1CSc1n[nH]c(-c2ccc(Cl)cc2)n1. The Hall–Kier alpha value is -1.85. The Kier molecular flexibility index (Phi) is 4.22. The molecule has 0 saturated heterocycles. The second kappa shape index (κ2) is 6.28. The number of nitrogens with zero attached hydrogens (tertiary/aromatic N) is 2.